The molecular weight excluding hydrogens is 322 g/mol. The molecule has 26 heavy (non-hydrogen) atoms. The average molecular weight is 351 g/mol. The van der Waals surface area contributed by atoms with Crippen LogP contribution in [0.3, 0.4) is 0 Å². The quantitative estimate of drug-likeness (QED) is 0.816. The van der Waals surface area contributed by atoms with Crippen LogP contribution in [0, 0.1) is 26.2 Å². The summed E-state index contributed by atoms with van der Waals surface area (Å²) in [4.78, 5) is 17.4. The highest BCUT2D eigenvalue weighted by Crippen LogP contribution is 2.38. The highest BCUT2D eigenvalue weighted by Gasteiger charge is 2.40. The monoisotopic (exact) mass is 351 g/mol. The summed E-state index contributed by atoms with van der Waals surface area (Å²) >= 11 is 0. The van der Waals surface area contributed by atoms with Gasteiger partial charge in [0.15, 0.2) is 0 Å². The fourth-order valence-corrected chi connectivity index (χ4v) is 3.76. The Balaban J connectivity index is 1.65. The van der Waals surface area contributed by atoms with Gasteiger partial charge in [0.1, 0.15) is 0 Å². The third kappa shape index (κ3) is 4.13. The summed E-state index contributed by atoms with van der Waals surface area (Å²) in [6.45, 7) is 7.64. The molecule has 138 valence electrons. The lowest BCUT2D eigenvalue weighted by molar-refractivity contribution is -0.125. The van der Waals surface area contributed by atoms with E-state index in [2.05, 4.69) is 47.7 Å². The summed E-state index contributed by atoms with van der Waals surface area (Å²) in [5.41, 5.74) is 5.26. The van der Waals surface area contributed by atoms with E-state index < -0.39 is 0 Å². The van der Waals surface area contributed by atoms with Gasteiger partial charge in [0, 0.05) is 30.7 Å². The molecule has 1 heterocycles. The Morgan fingerprint density at radius 2 is 1.88 bits per heavy atom. The topological polar surface area (TPSA) is 54.0 Å². The summed E-state index contributed by atoms with van der Waals surface area (Å²) in [5, 5.41) is 6.67. The zero-order valence-corrected chi connectivity index (χ0v) is 16.1. The van der Waals surface area contributed by atoms with Gasteiger partial charge in [0.05, 0.1) is 5.41 Å². The molecular formula is C22H29N3O. The first-order chi connectivity index (χ1) is 12.5. The molecule has 3 rings (SSSR count). The van der Waals surface area contributed by atoms with Gasteiger partial charge in [0.25, 0.3) is 0 Å². The van der Waals surface area contributed by atoms with Crippen molar-refractivity contribution in [3.8, 4) is 0 Å². The van der Waals surface area contributed by atoms with Crippen molar-refractivity contribution in [3.63, 3.8) is 0 Å². The maximum Gasteiger partial charge on any atom is 0.231 e. The number of hydrogen-bond acceptors (Lipinski definition) is 3. The highest BCUT2D eigenvalue weighted by molar-refractivity contribution is 5.95. The van der Waals surface area contributed by atoms with Crippen molar-refractivity contribution in [2.75, 3.05) is 11.9 Å². The first kappa shape index (κ1) is 18.6. The molecule has 2 N–H and O–H groups in total. The van der Waals surface area contributed by atoms with Gasteiger partial charge in [0.2, 0.25) is 5.91 Å². The predicted octanol–water partition coefficient (Wildman–Crippen LogP) is 4.30. The van der Waals surface area contributed by atoms with E-state index >= 15 is 0 Å². The molecule has 2 aromatic rings. The number of nitrogens with zero attached hydrogens (tertiary/aromatic N) is 1. The number of hydrogen-bond donors (Lipinski definition) is 2. The van der Waals surface area contributed by atoms with Gasteiger partial charge in [-0.05, 0) is 68.5 Å². The lowest BCUT2D eigenvalue weighted by Gasteiger charge is -2.28. The SMILES string of the molecule is Cc1ccc(NC(=O)C2(CNCc3cccnc3C)CCCC2)cc1C. The second kappa shape index (κ2) is 8.00. The highest BCUT2D eigenvalue weighted by atomic mass is 16.2. The third-order valence-electron chi connectivity index (χ3n) is 5.70. The maximum atomic E-state index is 13.1. The molecule has 0 radical (unpaired) electrons. The minimum atomic E-state index is -0.311. The summed E-state index contributed by atoms with van der Waals surface area (Å²) < 4.78 is 0. The largest absolute Gasteiger partial charge is 0.326 e. The number of benzene rings is 1. The molecule has 1 aliphatic rings. The number of anilines is 1. The molecule has 1 aromatic carbocycles. The summed E-state index contributed by atoms with van der Waals surface area (Å²) in [7, 11) is 0. The lowest BCUT2D eigenvalue weighted by Crippen LogP contribution is -2.42. The zero-order valence-electron chi connectivity index (χ0n) is 16.1. The number of carbonyl (C=O) groups is 1. The predicted molar refractivity (Wildman–Crippen MR) is 106 cm³/mol. The lowest BCUT2D eigenvalue weighted by atomic mass is 9.84. The number of aromatic nitrogens is 1. The van der Waals surface area contributed by atoms with E-state index in [-0.39, 0.29) is 11.3 Å². The molecule has 0 bridgehead atoms. The number of pyridine rings is 1. The van der Waals surface area contributed by atoms with E-state index in [4.69, 9.17) is 0 Å². The van der Waals surface area contributed by atoms with Crippen molar-refractivity contribution in [3.05, 3.63) is 58.9 Å². The smallest absolute Gasteiger partial charge is 0.231 e. The molecule has 0 atom stereocenters. The van der Waals surface area contributed by atoms with Gasteiger partial charge in [-0.3, -0.25) is 9.78 Å². The van der Waals surface area contributed by atoms with Crippen LogP contribution in [0.25, 0.3) is 0 Å². The minimum absolute atomic E-state index is 0.147. The van der Waals surface area contributed by atoms with Gasteiger partial charge in [-0.2, -0.15) is 0 Å². The molecule has 1 fully saturated rings. The van der Waals surface area contributed by atoms with E-state index in [0.717, 1.165) is 43.6 Å². The van der Waals surface area contributed by atoms with E-state index in [1.807, 2.05) is 25.3 Å². The van der Waals surface area contributed by atoms with Crippen molar-refractivity contribution in [2.24, 2.45) is 5.41 Å². The van der Waals surface area contributed by atoms with Gasteiger partial charge < -0.3 is 10.6 Å². The standard InChI is InChI=1S/C22H29N3O/c1-16-8-9-20(13-17(16)2)25-21(26)22(10-4-5-11-22)15-23-14-19-7-6-12-24-18(19)3/h6-9,12-13,23H,4-5,10-11,14-15H2,1-3H3,(H,25,26). The summed E-state index contributed by atoms with van der Waals surface area (Å²) in [6, 6.07) is 10.2. The number of nitrogens with one attached hydrogen (secondary N) is 2. The average Bonchev–Trinajstić information content (AvgIpc) is 3.10. The molecule has 0 aliphatic heterocycles. The Labute approximate surface area is 156 Å². The van der Waals surface area contributed by atoms with Crippen LogP contribution in [0.1, 0.15) is 48.1 Å². The fourth-order valence-electron chi connectivity index (χ4n) is 3.76. The van der Waals surface area contributed by atoms with Gasteiger partial charge in [-0.15, -0.1) is 0 Å². The summed E-state index contributed by atoms with van der Waals surface area (Å²) in [6.07, 6.45) is 5.95. The van der Waals surface area contributed by atoms with E-state index in [1.165, 1.54) is 16.7 Å². The van der Waals surface area contributed by atoms with Gasteiger partial charge in [-0.1, -0.05) is 25.0 Å². The number of aryl methyl sites for hydroxylation is 3. The van der Waals surface area contributed by atoms with E-state index in [0.29, 0.717) is 6.54 Å². The molecule has 0 spiro atoms. The Bertz CT molecular complexity index is 779. The first-order valence-electron chi connectivity index (χ1n) is 9.50. The van der Waals surface area contributed by atoms with E-state index in [9.17, 15) is 4.79 Å². The molecule has 4 heteroatoms. The molecule has 1 aromatic heterocycles. The Kier molecular flexibility index (Phi) is 5.72. The third-order valence-corrected chi connectivity index (χ3v) is 5.70. The number of carbonyl (C=O) groups excluding carboxylic acids is 1. The van der Waals surface area contributed by atoms with Crippen LogP contribution >= 0.6 is 0 Å². The molecule has 0 saturated heterocycles. The molecule has 0 unspecified atom stereocenters. The van der Waals surface area contributed by atoms with Crippen LogP contribution in [0.5, 0.6) is 0 Å². The molecule has 1 saturated carbocycles. The van der Waals surface area contributed by atoms with Crippen LogP contribution in [0.4, 0.5) is 5.69 Å². The van der Waals surface area contributed by atoms with Gasteiger partial charge in [-0.25, -0.2) is 0 Å². The van der Waals surface area contributed by atoms with Crippen LogP contribution in [-0.2, 0) is 11.3 Å². The van der Waals surface area contributed by atoms with Crippen LogP contribution in [0.15, 0.2) is 36.5 Å². The zero-order chi connectivity index (χ0) is 18.6. The van der Waals surface area contributed by atoms with Crippen molar-refractivity contribution >= 4 is 11.6 Å². The molecule has 4 nitrogen and oxygen atoms in total. The van der Waals surface area contributed by atoms with Gasteiger partial charge >= 0.3 is 0 Å². The second-order valence-corrected chi connectivity index (χ2v) is 7.59. The Morgan fingerprint density at radius 1 is 1.12 bits per heavy atom. The summed E-state index contributed by atoms with van der Waals surface area (Å²) in [5.74, 6) is 0.147. The Morgan fingerprint density at radius 3 is 2.58 bits per heavy atom. The molecule has 1 aliphatic carbocycles. The van der Waals surface area contributed by atoms with E-state index in [1.54, 1.807) is 0 Å². The van der Waals surface area contributed by atoms with Crippen molar-refractivity contribution in [2.45, 2.75) is 53.0 Å². The van der Waals surface area contributed by atoms with Crippen LogP contribution in [0.2, 0.25) is 0 Å². The van der Waals surface area contributed by atoms with Crippen LogP contribution < -0.4 is 10.6 Å². The number of amides is 1. The van der Waals surface area contributed by atoms with Crippen molar-refractivity contribution < 1.29 is 4.79 Å². The van der Waals surface area contributed by atoms with Crippen molar-refractivity contribution in [1.82, 2.24) is 10.3 Å². The van der Waals surface area contributed by atoms with Crippen molar-refractivity contribution in [1.29, 1.82) is 0 Å². The molecule has 1 amide bonds. The second-order valence-electron chi connectivity index (χ2n) is 7.59. The normalized spacial score (nSPS) is 15.8. The fraction of sp³-hybridized carbons (Fsp3) is 0.455. The maximum absolute atomic E-state index is 13.1. The number of rotatable bonds is 6. The Hall–Kier alpha value is -2.20. The van der Waals surface area contributed by atoms with Crippen LogP contribution in [-0.4, -0.2) is 17.4 Å². The first-order valence-corrected chi connectivity index (χ1v) is 9.50. The minimum Gasteiger partial charge on any atom is -0.326 e.